The Hall–Kier alpha value is -1.42. The summed E-state index contributed by atoms with van der Waals surface area (Å²) in [6, 6.07) is 9.02. The van der Waals surface area contributed by atoms with Crippen LogP contribution >= 0.6 is 15.9 Å². The van der Waals surface area contributed by atoms with Gasteiger partial charge in [0.25, 0.3) is 0 Å². The third kappa shape index (κ3) is 2.63. The maximum absolute atomic E-state index is 13.1. The lowest BCUT2D eigenvalue weighted by Crippen LogP contribution is -2.19. The molecule has 0 amide bonds. The van der Waals surface area contributed by atoms with Gasteiger partial charge in [-0.15, -0.1) is 0 Å². The molecule has 0 spiro atoms. The molecule has 1 aliphatic rings. The number of nitrogens with zero attached hydrogens (tertiary/aromatic N) is 1. The second-order valence-electron chi connectivity index (χ2n) is 4.76. The highest BCUT2D eigenvalue weighted by Gasteiger charge is 2.21. The Kier molecular flexibility index (Phi) is 3.51. The number of aryl methyl sites for hydroxylation is 1. The Morgan fingerprint density at radius 2 is 2.21 bits per heavy atom. The van der Waals surface area contributed by atoms with E-state index in [1.54, 1.807) is 6.07 Å². The Labute approximate surface area is 120 Å². The molecular weight excluding hydrogens is 307 g/mol. The van der Waals surface area contributed by atoms with Crippen LogP contribution in [0.1, 0.15) is 30.1 Å². The molecule has 1 aliphatic carbocycles. The minimum atomic E-state index is -0.236. The van der Waals surface area contributed by atoms with Gasteiger partial charge in [0, 0.05) is 16.4 Å². The molecule has 4 heteroatoms. The van der Waals surface area contributed by atoms with Crippen molar-refractivity contribution in [3.8, 4) is 0 Å². The summed E-state index contributed by atoms with van der Waals surface area (Å²) in [5, 5.41) is 3.46. The van der Waals surface area contributed by atoms with Crippen molar-refractivity contribution in [2.75, 3.05) is 5.32 Å². The molecule has 1 unspecified atom stereocenters. The number of nitrogens with one attached hydrogen (secondary N) is 1. The Morgan fingerprint density at radius 3 is 3.05 bits per heavy atom. The summed E-state index contributed by atoms with van der Waals surface area (Å²) in [6.07, 6.45) is 5.12. The summed E-state index contributed by atoms with van der Waals surface area (Å²) >= 11 is 3.39. The lowest BCUT2D eigenvalue weighted by molar-refractivity contribution is 0.582. The SMILES string of the molecule is Fc1ccc(NC2CCCc3cccnc32)c(Br)c1. The number of hydrogen-bond donors (Lipinski definition) is 1. The number of rotatable bonds is 2. The number of halogens is 2. The van der Waals surface area contributed by atoms with Crippen molar-refractivity contribution in [1.29, 1.82) is 0 Å². The quantitative estimate of drug-likeness (QED) is 0.882. The van der Waals surface area contributed by atoms with Crippen molar-refractivity contribution >= 4 is 21.6 Å². The van der Waals surface area contributed by atoms with Gasteiger partial charge < -0.3 is 5.32 Å². The van der Waals surface area contributed by atoms with E-state index in [0.29, 0.717) is 0 Å². The molecule has 0 bridgehead atoms. The molecule has 2 aromatic rings. The lowest BCUT2D eigenvalue weighted by atomic mass is 9.92. The van der Waals surface area contributed by atoms with Gasteiger partial charge in [-0.2, -0.15) is 0 Å². The summed E-state index contributed by atoms with van der Waals surface area (Å²) in [5.41, 5.74) is 3.33. The maximum atomic E-state index is 13.1. The third-order valence-corrected chi connectivity index (χ3v) is 4.11. The summed E-state index contributed by atoms with van der Waals surface area (Å²) in [4.78, 5) is 4.49. The van der Waals surface area contributed by atoms with Gasteiger partial charge >= 0.3 is 0 Å². The number of benzene rings is 1. The van der Waals surface area contributed by atoms with Crippen molar-refractivity contribution in [3.05, 3.63) is 58.1 Å². The van der Waals surface area contributed by atoms with E-state index in [1.165, 1.54) is 17.7 Å². The van der Waals surface area contributed by atoms with E-state index in [9.17, 15) is 4.39 Å². The van der Waals surface area contributed by atoms with Gasteiger partial charge in [0.15, 0.2) is 0 Å². The molecule has 1 aromatic carbocycles. The molecule has 19 heavy (non-hydrogen) atoms. The average molecular weight is 321 g/mol. The summed E-state index contributed by atoms with van der Waals surface area (Å²) in [5.74, 6) is -0.236. The first-order valence-corrected chi connectivity index (χ1v) is 7.19. The maximum Gasteiger partial charge on any atom is 0.124 e. The molecular formula is C15H14BrFN2. The zero-order valence-corrected chi connectivity index (χ0v) is 12.0. The summed E-state index contributed by atoms with van der Waals surface area (Å²) in [6.45, 7) is 0. The molecule has 98 valence electrons. The predicted molar refractivity (Wildman–Crippen MR) is 77.6 cm³/mol. The number of anilines is 1. The largest absolute Gasteiger partial charge is 0.376 e. The third-order valence-electron chi connectivity index (χ3n) is 3.46. The van der Waals surface area contributed by atoms with Crippen LogP contribution in [0.3, 0.4) is 0 Å². The molecule has 0 radical (unpaired) electrons. The highest BCUT2D eigenvalue weighted by Crippen LogP contribution is 2.33. The first-order valence-electron chi connectivity index (χ1n) is 6.39. The first kappa shape index (κ1) is 12.6. The van der Waals surface area contributed by atoms with E-state index < -0.39 is 0 Å². The van der Waals surface area contributed by atoms with E-state index in [0.717, 1.165) is 35.1 Å². The Bertz CT molecular complexity index is 600. The topological polar surface area (TPSA) is 24.9 Å². The standard InChI is InChI=1S/C15H14BrFN2/c16-12-9-11(17)6-7-13(12)19-14-5-1-3-10-4-2-8-18-15(10)14/h2,4,6-9,14,19H,1,3,5H2. The fourth-order valence-corrected chi connectivity index (χ4v) is 3.01. The molecule has 0 fully saturated rings. The van der Waals surface area contributed by atoms with Gasteiger partial charge in [-0.3, -0.25) is 4.98 Å². The Morgan fingerprint density at radius 1 is 1.32 bits per heavy atom. The molecule has 2 nitrogen and oxygen atoms in total. The van der Waals surface area contributed by atoms with E-state index in [2.05, 4.69) is 32.3 Å². The van der Waals surface area contributed by atoms with Crippen LogP contribution < -0.4 is 5.32 Å². The monoisotopic (exact) mass is 320 g/mol. The van der Waals surface area contributed by atoms with Gasteiger partial charge in [-0.25, -0.2) is 4.39 Å². The predicted octanol–water partition coefficient (Wildman–Crippen LogP) is 4.47. The van der Waals surface area contributed by atoms with Crippen LogP contribution in [0.25, 0.3) is 0 Å². The van der Waals surface area contributed by atoms with Crippen molar-refractivity contribution in [1.82, 2.24) is 4.98 Å². The fourth-order valence-electron chi connectivity index (χ4n) is 2.54. The minimum absolute atomic E-state index is 0.201. The second kappa shape index (κ2) is 5.29. The van der Waals surface area contributed by atoms with E-state index >= 15 is 0 Å². The van der Waals surface area contributed by atoms with Crippen LogP contribution in [0.2, 0.25) is 0 Å². The molecule has 0 saturated heterocycles. The van der Waals surface area contributed by atoms with Crippen LogP contribution in [-0.2, 0) is 6.42 Å². The smallest absolute Gasteiger partial charge is 0.124 e. The second-order valence-corrected chi connectivity index (χ2v) is 5.62. The first-order chi connectivity index (χ1) is 9.24. The number of aromatic nitrogens is 1. The van der Waals surface area contributed by atoms with Gasteiger partial charge in [-0.05, 0) is 65.0 Å². The van der Waals surface area contributed by atoms with Gasteiger partial charge in [0.1, 0.15) is 5.82 Å². The number of pyridine rings is 1. The van der Waals surface area contributed by atoms with Crippen LogP contribution in [-0.4, -0.2) is 4.98 Å². The van der Waals surface area contributed by atoms with E-state index in [4.69, 9.17) is 0 Å². The molecule has 3 rings (SSSR count). The molecule has 1 atom stereocenters. The molecule has 1 heterocycles. The van der Waals surface area contributed by atoms with E-state index in [-0.39, 0.29) is 11.9 Å². The van der Waals surface area contributed by atoms with Gasteiger partial charge in [0.05, 0.1) is 11.7 Å². The zero-order valence-electron chi connectivity index (χ0n) is 10.4. The summed E-state index contributed by atoms with van der Waals surface area (Å²) in [7, 11) is 0. The van der Waals surface area contributed by atoms with Crippen molar-refractivity contribution in [2.24, 2.45) is 0 Å². The van der Waals surface area contributed by atoms with Crippen molar-refractivity contribution < 1.29 is 4.39 Å². The highest BCUT2D eigenvalue weighted by atomic mass is 79.9. The lowest BCUT2D eigenvalue weighted by Gasteiger charge is -2.26. The fraction of sp³-hybridized carbons (Fsp3) is 0.267. The van der Waals surface area contributed by atoms with Gasteiger partial charge in [-0.1, -0.05) is 6.07 Å². The number of hydrogen-bond acceptors (Lipinski definition) is 2. The van der Waals surface area contributed by atoms with Crippen molar-refractivity contribution in [2.45, 2.75) is 25.3 Å². The highest BCUT2D eigenvalue weighted by molar-refractivity contribution is 9.10. The summed E-state index contributed by atoms with van der Waals surface area (Å²) < 4.78 is 13.8. The van der Waals surface area contributed by atoms with Crippen molar-refractivity contribution in [3.63, 3.8) is 0 Å². The normalized spacial score (nSPS) is 17.9. The van der Waals surface area contributed by atoms with Crippen LogP contribution in [0.15, 0.2) is 41.0 Å². The van der Waals surface area contributed by atoms with Crippen LogP contribution in [0, 0.1) is 5.82 Å². The van der Waals surface area contributed by atoms with Crippen LogP contribution in [0.4, 0.5) is 10.1 Å². The minimum Gasteiger partial charge on any atom is -0.376 e. The molecule has 1 aromatic heterocycles. The molecule has 0 saturated carbocycles. The Balaban J connectivity index is 1.88. The molecule has 0 aliphatic heterocycles. The number of fused-ring (bicyclic) bond motifs is 1. The van der Waals surface area contributed by atoms with Crippen LogP contribution in [0.5, 0.6) is 0 Å². The van der Waals surface area contributed by atoms with E-state index in [1.807, 2.05) is 12.3 Å². The molecule has 1 N–H and O–H groups in total. The zero-order chi connectivity index (χ0) is 13.2. The average Bonchev–Trinajstić information content (AvgIpc) is 2.42. The van der Waals surface area contributed by atoms with Gasteiger partial charge in [0.2, 0.25) is 0 Å².